The van der Waals surface area contributed by atoms with Crippen LogP contribution in [0.1, 0.15) is 18.5 Å². The molecule has 2 heterocycles. The molecule has 0 spiro atoms. The summed E-state index contributed by atoms with van der Waals surface area (Å²) >= 11 is 0. The van der Waals surface area contributed by atoms with Crippen LogP contribution in [0.2, 0.25) is 0 Å². The van der Waals surface area contributed by atoms with Crippen molar-refractivity contribution in [3.8, 4) is 5.69 Å². The monoisotopic (exact) mass is 354 g/mol. The van der Waals surface area contributed by atoms with Crippen molar-refractivity contribution in [2.45, 2.75) is 25.1 Å². The van der Waals surface area contributed by atoms with Gasteiger partial charge in [0, 0.05) is 13.2 Å². The van der Waals surface area contributed by atoms with Crippen LogP contribution >= 0.6 is 0 Å². The Labute approximate surface area is 142 Å². The molecule has 6 nitrogen and oxygen atoms in total. The van der Waals surface area contributed by atoms with Gasteiger partial charge in [-0.1, -0.05) is 18.2 Å². The number of urea groups is 1. The maximum Gasteiger partial charge on any atom is 0.435 e. The van der Waals surface area contributed by atoms with Crippen molar-refractivity contribution in [1.29, 1.82) is 0 Å². The minimum atomic E-state index is -4.68. The molecule has 2 amide bonds. The number of carbonyl (C=O) groups is 1. The normalized spacial score (nSPS) is 17.5. The lowest BCUT2D eigenvalue weighted by Crippen LogP contribution is -2.35. The average molecular weight is 354 g/mol. The number of hydrogen-bond acceptors (Lipinski definition) is 3. The summed E-state index contributed by atoms with van der Waals surface area (Å²) in [5.74, 6) is 0. The highest BCUT2D eigenvalue weighted by molar-refractivity contribution is 5.90. The minimum absolute atomic E-state index is 0.0973. The second-order valence-corrected chi connectivity index (χ2v) is 5.62. The lowest BCUT2D eigenvalue weighted by atomic mass is 10.2. The van der Waals surface area contributed by atoms with Crippen LogP contribution in [0.4, 0.5) is 23.7 Å². The van der Waals surface area contributed by atoms with Gasteiger partial charge in [0.15, 0.2) is 5.69 Å². The molecule has 1 saturated heterocycles. The van der Waals surface area contributed by atoms with E-state index in [0.29, 0.717) is 6.61 Å². The highest BCUT2D eigenvalue weighted by atomic mass is 19.4. The standard InChI is InChI=1S/C16H17F3N4O2/c17-16(18,19)14-13(10-21-23(14)11-5-2-1-3-6-11)22-15(24)20-9-12-7-4-8-25-12/h1-3,5-6,10,12H,4,7-9H2,(H2,20,22,24)/t12-/m0/s1. The highest BCUT2D eigenvalue weighted by Gasteiger charge is 2.39. The van der Waals surface area contributed by atoms with E-state index < -0.39 is 23.6 Å². The molecular weight excluding hydrogens is 337 g/mol. The first-order chi connectivity index (χ1) is 11.9. The van der Waals surface area contributed by atoms with Gasteiger partial charge in [0.2, 0.25) is 0 Å². The molecule has 1 aromatic heterocycles. The summed E-state index contributed by atoms with van der Waals surface area (Å²) in [6.45, 7) is 0.885. The van der Waals surface area contributed by atoms with Gasteiger partial charge in [-0.2, -0.15) is 18.3 Å². The van der Waals surface area contributed by atoms with E-state index in [0.717, 1.165) is 23.7 Å². The average Bonchev–Trinajstić information content (AvgIpc) is 3.23. The number of benzene rings is 1. The number of para-hydroxylation sites is 1. The fourth-order valence-electron chi connectivity index (χ4n) is 2.66. The molecule has 0 saturated carbocycles. The van der Waals surface area contributed by atoms with Crippen LogP contribution in [0.3, 0.4) is 0 Å². The molecule has 1 fully saturated rings. The molecule has 0 bridgehead atoms. The van der Waals surface area contributed by atoms with Crippen molar-refractivity contribution < 1.29 is 22.7 Å². The molecule has 134 valence electrons. The lowest BCUT2D eigenvalue weighted by Gasteiger charge is -2.14. The van der Waals surface area contributed by atoms with Crippen LogP contribution < -0.4 is 10.6 Å². The molecule has 1 atom stereocenters. The number of carbonyl (C=O) groups excluding carboxylic acids is 1. The Morgan fingerprint density at radius 1 is 1.32 bits per heavy atom. The summed E-state index contributed by atoms with van der Waals surface area (Å²) in [6.07, 6.45) is -2.05. The first-order valence-corrected chi connectivity index (χ1v) is 7.82. The number of nitrogens with zero attached hydrogens (tertiary/aromatic N) is 2. The molecule has 2 N–H and O–H groups in total. The van der Waals surface area contributed by atoms with Crippen LogP contribution in [0.25, 0.3) is 5.69 Å². The zero-order valence-electron chi connectivity index (χ0n) is 13.2. The smallest absolute Gasteiger partial charge is 0.376 e. The number of nitrogens with one attached hydrogen (secondary N) is 2. The van der Waals surface area contributed by atoms with Gasteiger partial charge >= 0.3 is 12.2 Å². The van der Waals surface area contributed by atoms with Gasteiger partial charge in [-0.25, -0.2) is 9.48 Å². The Kier molecular flexibility index (Phi) is 4.93. The first-order valence-electron chi connectivity index (χ1n) is 7.82. The Bertz CT molecular complexity index is 725. The van der Waals surface area contributed by atoms with E-state index >= 15 is 0 Å². The predicted octanol–water partition coefficient (Wildman–Crippen LogP) is 3.19. The quantitative estimate of drug-likeness (QED) is 0.886. The van der Waals surface area contributed by atoms with Crippen molar-refractivity contribution in [2.75, 3.05) is 18.5 Å². The summed E-state index contributed by atoms with van der Waals surface area (Å²) in [5.41, 5.74) is -1.19. The zero-order chi connectivity index (χ0) is 17.9. The number of amides is 2. The maximum absolute atomic E-state index is 13.5. The van der Waals surface area contributed by atoms with Gasteiger partial charge in [-0.3, -0.25) is 0 Å². The molecule has 2 aromatic rings. The van der Waals surface area contributed by atoms with Gasteiger partial charge < -0.3 is 15.4 Å². The summed E-state index contributed by atoms with van der Waals surface area (Å²) in [5, 5.41) is 8.52. The van der Waals surface area contributed by atoms with Gasteiger partial charge in [-0.15, -0.1) is 0 Å². The third kappa shape index (κ3) is 4.11. The maximum atomic E-state index is 13.5. The summed E-state index contributed by atoms with van der Waals surface area (Å²) < 4.78 is 46.5. The largest absolute Gasteiger partial charge is 0.435 e. The second-order valence-electron chi connectivity index (χ2n) is 5.62. The summed E-state index contributed by atoms with van der Waals surface area (Å²) in [4.78, 5) is 11.9. The van der Waals surface area contributed by atoms with Crippen LogP contribution in [0.15, 0.2) is 36.5 Å². The molecular formula is C16H17F3N4O2. The molecule has 9 heteroatoms. The van der Waals surface area contributed by atoms with E-state index in [2.05, 4.69) is 15.7 Å². The number of anilines is 1. The van der Waals surface area contributed by atoms with Crippen molar-refractivity contribution in [3.05, 3.63) is 42.2 Å². The lowest BCUT2D eigenvalue weighted by molar-refractivity contribution is -0.142. The van der Waals surface area contributed by atoms with Gasteiger partial charge in [-0.05, 0) is 25.0 Å². The molecule has 25 heavy (non-hydrogen) atoms. The molecule has 1 aliphatic heterocycles. The third-order valence-electron chi connectivity index (χ3n) is 3.80. The third-order valence-corrected chi connectivity index (χ3v) is 3.80. The van der Waals surface area contributed by atoms with Crippen LogP contribution in [0, 0.1) is 0 Å². The topological polar surface area (TPSA) is 68.2 Å². The van der Waals surface area contributed by atoms with Crippen LogP contribution in [-0.4, -0.2) is 35.1 Å². The Hall–Kier alpha value is -2.55. The molecule has 3 rings (SSSR count). The predicted molar refractivity (Wildman–Crippen MR) is 84.6 cm³/mol. The first kappa shape index (κ1) is 17.3. The van der Waals surface area contributed by atoms with E-state index in [-0.39, 0.29) is 18.3 Å². The van der Waals surface area contributed by atoms with E-state index in [9.17, 15) is 18.0 Å². The van der Waals surface area contributed by atoms with E-state index in [1.54, 1.807) is 18.2 Å². The number of alkyl halides is 3. The minimum Gasteiger partial charge on any atom is -0.376 e. The molecule has 0 radical (unpaired) electrons. The Balaban J connectivity index is 1.76. The number of halogens is 3. The van der Waals surface area contributed by atoms with Crippen molar-refractivity contribution in [1.82, 2.24) is 15.1 Å². The van der Waals surface area contributed by atoms with Gasteiger partial charge in [0.25, 0.3) is 0 Å². The number of ether oxygens (including phenoxy) is 1. The highest BCUT2D eigenvalue weighted by Crippen LogP contribution is 2.36. The van der Waals surface area contributed by atoms with E-state index in [1.165, 1.54) is 12.1 Å². The van der Waals surface area contributed by atoms with E-state index in [4.69, 9.17) is 4.74 Å². The van der Waals surface area contributed by atoms with Gasteiger partial charge in [0.1, 0.15) is 0 Å². The fraction of sp³-hybridized carbons (Fsp3) is 0.375. The van der Waals surface area contributed by atoms with Crippen molar-refractivity contribution in [3.63, 3.8) is 0 Å². The summed E-state index contributed by atoms with van der Waals surface area (Å²) in [7, 11) is 0. The van der Waals surface area contributed by atoms with E-state index in [1.807, 2.05) is 0 Å². The van der Waals surface area contributed by atoms with Crippen LogP contribution in [-0.2, 0) is 10.9 Å². The van der Waals surface area contributed by atoms with Crippen LogP contribution in [0.5, 0.6) is 0 Å². The SMILES string of the molecule is O=C(NC[C@@H]1CCCO1)Nc1cnn(-c2ccccc2)c1C(F)(F)F. The molecule has 1 aliphatic rings. The number of aromatic nitrogens is 2. The molecule has 1 aromatic carbocycles. The number of rotatable bonds is 4. The molecule has 0 aliphatic carbocycles. The summed E-state index contributed by atoms with van der Waals surface area (Å²) in [6, 6.07) is 7.19. The number of hydrogen-bond donors (Lipinski definition) is 2. The second kappa shape index (κ2) is 7.14. The van der Waals surface area contributed by atoms with Gasteiger partial charge in [0.05, 0.1) is 23.7 Å². The molecule has 0 unspecified atom stereocenters. The Morgan fingerprint density at radius 3 is 2.72 bits per heavy atom. The zero-order valence-corrected chi connectivity index (χ0v) is 13.2. The van der Waals surface area contributed by atoms with Crippen molar-refractivity contribution >= 4 is 11.7 Å². The Morgan fingerprint density at radius 2 is 2.08 bits per heavy atom. The fourth-order valence-corrected chi connectivity index (χ4v) is 2.66. The van der Waals surface area contributed by atoms with Crippen molar-refractivity contribution in [2.24, 2.45) is 0 Å².